The van der Waals surface area contributed by atoms with Gasteiger partial charge in [-0.05, 0) is 55.4 Å². The second-order valence-electron chi connectivity index (χ2n) is 6.03. The van der Waals surface area contributed by atoms with Crippen molar-refractivity contribution in [2.75, 3.05) is 7.11 Å². The van der Waals surface area contributed by atoms with E-state index >= 15 is 0 Å². The Hall–Kier alpha value is -0.540. The van der Waals surface area contributed by atoms with E-state index in [0.717, 1.165) is 35.4 Å². The molecule has 1 aliphatic rings. The Kier molecular flexibility index (Phi) is 4.91. The zero-order valence-corrected chi connectivity index (χ0v) is 13.5. The molecule has 2 nitrogen and oxygen atoms in total. The van der Waals surface area contributed by atoms with Gasteiger partial charge in [-0.1, -0.05) is 35.7 Å². The molecule has 3 heteroatoms. The van der Waals surface area contributed by atoms with Crippen molar-refractivity contribution < 1.29 is 4.74 Å². The summed E-state index contributed by atoms with van der Waals surface area (Å²) in [6.07, 6.45) is 6.94. The maximum absolute atomic E-state index is 6.66. The van der Waals surface area contributed by atoms with Gasteiger partial charge in [0, 0.05) is 10.0 Å². The molecule has 0 radical (unpaired) electrons. The van der Waals surface area contributed by atoms with E-state index in [-0.39, 0.29) is 5.54 Å². The summed E-state index contributed by atoms with van der Waals surface area (Å²) >= 11 is 3.54. The first-order valence-corrected chi connectivity index (χ1v) is 7.93. The van der Waals surface area contributed by atoms with Crippen molar-refractivity contribution in [1.82, 2.24) is 0 Å². The lowest BCUT2D eigenvalue weighted by Gasteiger charge is -2.29. The zero-order valence-electron chi connectivity index (χ0n) is 11.9. The zero-order chi connectivity index (χ0) is 13.9. The molecule has 0 spiro atoms. The Morgan fingerprint density at radius 2 is 2.16 bits per heavy atom. The van der Waals surface area contributed by atoms with E-state index in [4.69, 9.17) is 10.5 Å². The van der Waals surface area contributed by atoms with Crippen molar-refractivity contribution in [3.8, 4) is 5.75 Å². The fourth-order valence-electron chi connectivity index (χ4n) is 3.05. The number of hydrogen-bond donors (Lipinski definition) is 1. The highest BCUT2D eigenvalue weighted by molar-refractivity contribution is 9.10. The minimum Gasteiger partial charge on any atom is -0.496 e. The third kappa shape index (κ3) is 3.96. The van der Waals surface area contributed by atoms with Crippen molar-refractivity contribution in [2.45, 2.75) is 51.0 Å². The Balaban J connectivity index is 2.17. The van der Waals surface area contributed by atoms with Gasteiger partial charge in [0.2, 0.25) is 0 Å². The largest absolute Gasteiger partial charge is 0.496 e. The highest BCUT2D eigenvalue weighted by Gasteiger charge is 2.29. The number of methoxy groups -OCH3 is 1. The van der Waals surface area contributed by atoms with E-state index in [2.05, 4.69) is 28.9 Å². The van der Waals surface area contributed by atoms with Crippen LogP contribution in [-0.4, -0.2) is 12.6 Å². The van der Waals surface area contributed by atoms with Gasteiger partial charge in [-0.2, -0.15) is 0 Å². The predicted octanol–water partition coefficient (Wildman–Crippen LogP) is 4.30. The molecule has 2 rings (SSSR count). The van der Waals surface area contributed by atoms with Crippen LogP contribution >= 0.6 is 15.9 Å². The van der Waals surface area contributed by atoms with Crippen molar-refractivity contribution in [1.29, 1.82) is 0 Å². The molecule has 0 aromatic heterocycles. The van der Waals surface area contributed by atoms with Crippen LogP contribution in [0.5, 0.6) is 5.75 Å². The molecule has 19 heavy (non-hydrogen) atoms. The van der Waals surface area contributed by atoms with E-state index in [1.807, 2.05) is 12.1 Å². The average molecular weight is 326 g/mol. The number of rotatable bonds is 3. The second kappa shape index (κ2) is 6.27. The Morgan fingerprint density at radius 1 is 1.37 bits per heavy atom. The Labute approximate surface area is 124 Å². The van der Waals surface area contributed by atoms with Crippen LogP contribution in [0.25, 0.3) is 0 Å². The second-order valence-corrected chi connectivity index (χ2v) is 6.95. The highest BCUT2D eigenvalue weighted by atomic mass is 79.9. The number of benzene rings is 1. The SMILES string of the molecule is COc1ccc(Br)cc1CC1(N)CCCC(C)CC1. The molecule has 2 N–H and O–H groups in total. The van der Waals surface area contributed by atoms with Crippen LogP contribution in [0.15, 0.2) is 22.7 Å². The number of ether oxygens (including phenoxy) is 1. The summed E-state index contributed by atoms with van der Waals surface area (Å²) in [5.74, 6) is 1.76. The van der Waals surface area contributed by atoms with Gasteiger partial charge in [0.05, 0.1) is 7.11 Å². The summed E-state index contributed by atoms with van der Waals surface area (Å²) in [7, 11) is 1.73. The smallest absolute Gasteiger partial charge is 0.122 e. The molecule has 0 bridgehead atoms. The van der Waals surface area contributed by atoms with Crippen LogP contribution in [0.1, 0.15) is 44.6 Å². The lowest BCUT2D eigenvalue weighted by atomic mass is 9.84. The lowest BCUT2D eigenvalue weighted by Crippen LogP contribution is -2.41. The Bertz CT molecular complexity index is 435. The fraction of sp³-hybridized carbons (Fsp3) is 0.625. The molecular weight excluding hydrogens is 302 g/mol. The Morgan fingerprint density at radius 3 is 2.89 bits per heavy atom. The van der Waals surface area contributed by atoms with Crippen LogP contribution in [0, 0.1) is 5.92 Å². The van der Waals surface area contributed by atoms with Gasteiger partial charge in [-0.3, -0.25) is 0 Å². The maximum atomic E-state index is 6.66. The van der Waals surface area contributed by atoms with Gasteiger partial charge in [-0.25, -0.2) is 0 Å². The molecule has 1 fully saturated rings. The van der Waals surface area contributed by atoms with Crippen LogP contribution in [-0.2, 0) is 6.42 Å². The van der Waals surface area contributed by atoms with Gasteiger partial charge in [0.25, 0.3) is 0 Å². The van der Waals surface area contributed by atoms with Crippen LogP contribution < -0.4 is 10.5 Å². The number of nitrogens with two attached hydrogens (primary N) is 1. The van der Waals surface area contributed by atoms with E-state index in [9.17, 15) is 0 Å². The molecule has 1 aliphatic carbocycles. The predicted molar refractivity (Wildman–Crippen MR) is 83.6 cm³/mol. The molecule has 2 unspecified atom stereocenters. The first-order valence-electron chi connectivity index (χ1n) is 7.14. The summed E-state index contributed by atoms with van der Waals surface area (Å²) in [5.41, 5.74) is 7.80. The maximum Gasteiger partial charge on any atom is 0.122 e. The summed E-state index contributed by atoms with van der Waals surface area (Å²) < 4.78 is 6.55. The van der Waals surface area contributed by atoms with Gasteiger partial charge in [-0.15, -0.1) is 0 Å². The molecule has 2 atom stereocenters. The minimum atomic E-state index is -0.0706. The van der Waals surface area contributed by atoms with Crippen molar-refractivity contribution >= 4 is 15.9 Å². The van der Waals surface area contributed by atoms with E-state index in [0.29, 0.717) is 0 Å². The lowest BCUT2D eigenvalue weighted by molar-refractivity contribution is 0.351. The third-order valence-corrected chi connectivity index (χ3v) is 4.78. The van der Waals surface area contributed by atoms with Crippen molar-refractivity contribution in [3.05, 3.63) is 28.2 Å². The average Bonchev–Trinajstić information content (AvgIpc) is 2.52. The standard InChI is InChI=1S/C16H24BrNO/c1-12-4-3-8-16(18,9-7-12)11-13-10-14(17)5-6-15(13)19-2/h5-6,10,12H,3-4,7-9,11,18H2,1-2H3. The minimum absolute atomic E-state index is 0.0706. The van der Waals surface area contributed by atoms with Crippen molar-refractivity contribution in [2.24, 2.45) is 11.7 Å². The van der Waals surface area contributed by atoms with E-state index in [1.165, 1.54) is 24.8 Å². The van der Waals surface area contributed by atoms with Gasteiger partial charge >= 0.3 is 0 Å². The van der Waals surface area contributed by atoms with Crippen LogP contribution in [0.4, 0.5) is 0 Å². The number of halogens is 1. The summed E-state index contributed by atoms with van der Waals surface area (Å²) in [5, 5.41) is 0. The molecular formula is C16H24BrNO. The molecule has 0 amide bonds. The van der Waals surface area contributed by atoms with Crippen LogP contribution in [0.3, 0.4) is 0 Å². The summed E-state index contributed by atoms with van der Waals surface area (Å²) in [4.78, 5) is 0. The first kappa shape index (κ1) is 14.9. The normalized spacial score (nSPS) is 27.9. The van der Waals surface area contributed by atoms with Gasteiger partial charge < -0.3 is 10.5 Å². The topological polar surface area (TPSA) is 35.2 Å². The quantitative estimate of drug-likeness (QED) is 0.841. The van der Waals surface area contributed by atoms with E-state index < -0.39 is 0 Å². The molecule has 0 aliphatic heterocycles. The van der Waals surface area contributed by atoms with E-state index in [1.54, 1.807) is 7.11 Å². The van der Waals surface area contributed by atoms with Crippen molar-refractivity contribution in [3.63, 3.8) is 0 Å². The van der Waals surface area contributed by atoms with Crippen LogP contribution in [0.2, 0.25) is 0 Å². The molecule has 1 aromatic carbocycles. The summed E-state index contributed by atoms with van der Waals surface area (Å²) in [6, 6.07) is 6.17. The van der Waals surface area contributed by atoms with Gasteiger partial charge in [0.1, 0.15) is 5.75 Å². The molecule has 0 heterocycles. The number of hydrogen-bond acceptors (Lipinski definition) is 2. The molecule has 1 saturated carbocycles. The molecule has 1 aromatic rings. The fourth-order valence-corrected chi connectivity index (χ4v) is 3.46. The third-order valence-electron chi connectivity index (χ3n) is 4.29. The monoisotopic (exact) mass is 325 g/mol. The summed E-state index contributed by atoms with van der Waals surface area (Å²) in [6.45, 7) is 2.34. The molecule has 0 saturated heterocycles. The van der Waals surface area contributed by atoms with Gasteiger partial charge in [0.15, 0.2) is 0 Å². The molecule has 106 valence electrons. The highest BCUT2D eigenvalue weighted by Crippen LogP contribution is 2.34. The first-order chi connectivity index (χ1) is 9.02.